The minimum atomic E-state index is -0.295. The smallest absolute Gasteiger partial charge is 0.265 e. The molecule has 4 aromatic rings. The molecular formula is C19H11Cl2N3O2S3. The molecule has 29 heavy (non-hydrogen) atoms. The minimum Gasteiger partial charge on any atom is -0.321 e. The zero-order valence-electron chi connectivity index (χ0n) is 14.4. The van der Waals surface area contributed by atoms with Crippen molar-refractivity contribution in [1.82, 2.24) is 4.98 Å². The Morgan fingerprint density at radius 1 is 0.966 bits per heavy atom. The number of thiophene rings is 2. The van der Waals surface area contributed by atoms with E-state index in [4.69, 9.17) is 23.2 Å². The molecule has 146 valence electrons. The molecule has 0 saturated carbocycles. The molecule has 0 aliphatic carbocycles. The quantitative estimate of drug-likeness (QED) is 0.332. The van der Waals surface area contributed by atoms with Crippen molar-refractivity contribution in [2.24, 2.45) is 0 Å². The molecule has 0 saturated heterocycles. The van der Waals surface area contributed by atoms with Crippen LogP contribution in [0.25, 0.3) is 11.3 Å². The van der Waals surface area contributed by atoms with Crippen molar-refractivity contribution in [3.8, 4) is 11.3 Å². The Morgan fingerprint density at radius 3 is 2.41 bits per heavy atom. The van der Waals surface area contributed by atoms with Gasteiger partial charge < -0.3 is 5.32 Å². The van der Waals surface area contributed by atoms with Crippen LogP contribution in [-0.2, 0) is 0 Å². The number of carbonyl (C=O) groups is 2. The molecule has 0 unspecified atom stereocenters. The molecule has 0 radical (unpaired) electrons. The van der Waals surface area contributed by atoms with E-state index < -0.39 is 0 Å². The van der Waals surface area contributed by atoms with E-state index in [1.807, 2.05) is 16.8 Å². The number of carbonyl (C=O) groups excluding carboxylic acids is 2. The number of rotatable bonds is 5. The molecule has 3 heterocycles. The van der Waals surface area contributed by atoms with Crippen molar-refractivity contribution in [2.75, 3.05) is 10.6 Å². The van der Waals surface area contributed by atoms with Gasteiger partial charge in [0.2, 0.25) is 0 Å². The van der Waals surface area contributed by atoms with Crippen LogP contribution in [0.15, 0.2) is 53.2 Å². The average Bonchev–Trinajstić information content (AvgIpc) is 3.44. The van der Waals surface area contributed by atoms with Gasteiger partial charge in [0.25, 0.3) is 11.8 Å². The van der Waals surface area contributed by atoms with Crippen LogP contribution >= 0.6 is 57.2 Å². The van der Waals surface area contributed by atoms with Gasteiger partial charge in [-0.1, -0.05) is 29.3 Å². The molecule has 0 atom stereocenters. The molecule has 10 heteroatoms. The van der Waals surface area contributed by atoms with Crippen LogP contribution < -0.4 is 10.6 Å². The monoisotopic (exact) mass is 479 g/mol. The Morgan fingerprint density at radius 2 is 1.76 bits per heavy atom. The highest BCUT2D eigenvalue weighted by Crippen LogP contribution is 2.39. The first kappa shape index (κ1) is 20.1. The number of thiazole rings is 1. The van der Waals surface area contributed by atoms with Gasteiger partial charge in [0, 0.05) is 22.2 Å². The summed E-state index contributed by atoms with van der Waals surface area (Å²) in [4.78, 5) is 29.6. The molecule has 0 aliphatic heterocycles. The second-order valence-electron chi connectivity index (χ2n) is 5.74. The topological polar surface area (TPSA) is 71.1 Å². The van der Waals surface area contributed by atoms with Crippen LogP contribution in [0.4, 0.5) is 10.8 Å². The van der Waals surface area contributed by atoms with E-state index in [9.17, 15) is 9.59 Å². The van der Waals surface area contributed by atoms with Crippen LogP contribution in [0.1, 0.15) is 20.0 Å². The molecular weight excluding hydrogens is 469 g/mol. The Kier molecular flexibility index (Phi) is 5.98. The van der Waals surface area contributed by atoms with Gasteiger partial charge >= 0.3 is 0 Å². The maximum absolute atomic E-state index is 12.5. The number of hydrogen-bond donors (Lipinski definition) is 2. The lowest BCUT2D eigenvalue weighted by Crippen LogP contribution is -2.13. The number of benzene rings is 1. The van der Waals surface area contributed by atoms with Crippen molar-refractivity contribution in [2.45, 2.75) is 0 Å². The predicted molar refractivity (Wildman–Crippen MR) is 122 cm³/mol. The van der Waals surface area contributed by atoms with E-state index in [1.54, 1.807) is 36.4 Å². The van der Waals surface area contributed by atoms with Crippen LogP contribution in [0, 0.1) is 0 Å². The molecule has 3 aromatic heterocycles. The molecule has 2 N–H and O–H groups in total. The van der Waals surface area contributed by atoms with E-state index in [1.165, 1.54) is 34.0 Å². The number of aromatic nitrogens is 1. The molecule has 0 spiro atoms. The van der Waals surface area contributed by atoms with Gasteiger partial charge in [0.15, 0.2) is 5.13 Å². The summed E-state index contributed by atoms with van der Waals surface area (Å²) in [7, 11) is 0. The number of nitrogens with one attached hydrogen (secondary N) is 2. The maximum Gasteiger partial charge on any atom is 0.265 e. The Balaban J connectivity index is 1.41. The molecule has 1 aromatic carbocycles. The lowest BCUT2D eigenvalue weighted by Gasteiger charge is -2.05. The highest BCUT2D eigenvalue weighted by Gasteiger charge is 2.14. The number of hydrogen-bond acceptors (Lipinski definition) is 6. The normalized spacial score (nSPS) is 10.7. The predicted octanol–water partition coefficient (Wildman–Crippen LogP) is 6.74. The lowest BCUT2D eigenvalue weighted by molar-refractivity contribution is 0.102. The number of amides is 2. The second-order valence-corrected chi connectivity index (χ2v) is 9.83. The van der Waals surface area contributed by atoms with E-state index in [0.29, 0.717) is 35.6 Å². The first-order chi connectivity index (χ1) is 14.0. The van der Waals surface area contributed by atoms with E-state index in [0.717, 1.165) is 5.56 Å². The largest absolute Gasteiger partial charge is 0.321 e. The summed E-state index contributed by atoms with van der Waals surface area (Å²) in [5, 5.41) is 9.67. The van der Waals surface area contributed by atoms with Gasteiger partial charge in [-0.3, -0.25) is 14.9 Å². The molecule has 4 rings (SSSR count). The highest BCUT2D eigenvalue weighted by molar-refractivity contribution is 7.20. The third-order valence-corrected chi connectivity index (χ3v) is 6.92. The highest BCUT2D eigenvalue weighted by atomic mass is 35.5. The van der Waals surface area contributed by atoms with Crippen LogP contribution in [0.5, 0.6) is 0 Å². The number of anilines is 2. The lowest BCUT2D eigenvalue weighted by atomic mass is 10.2. The molecule has 0 bridgehead atoms. The van der Waals surface area contributed by atoms with Crippen LogP contribution in [-0.4, -0.2) is 16.8 Å². The van der Waals surface area contributed by atoms with Crippen molar-refractivity contribution in [3.63, 3.8) is 0 Å². The van der Waals surface area contributed by atoms with Gasteiger partial charge in [-0.25, -0.2) is 4.98 Å². The van der Waals surface area contributed by atoms with Gasteiger partial charge in [-0.15, -0.1) is 34.0 Å². The van der Waals surface area contributed by atoms with Crippen molar-refractivity contribution < 1.29 is 9.59 Å². The zero-order chi connectivity index (χ0) is 20.4. The third kappa shape index (κ3) is 4.68. The average molecular weight is 480 g/mol. The SMILES string of the molecule is O=C(Nc1nc(-c2cc(Cl)sc2Cl)cs1)c1ccc(NC(=O)c2cccs2)cc1. The van der Waals surface area contributed by atoms with Crippen LogP contribution in [0.2, 0.25) is 8.67 Å². The van der Waals surface area contributed by atoms with Gasteiger partial charge in [-0.2, -0.15) is 0 Å². The second kappa shape index (κ2) is 8.64. The van der Waals surface area contributed by atoms with E-state index in [2.05, 4.69) is 15.6 Å². The van der Waals surface area contributed by atoms with E-state index >= 15 is 0 Å². The number of halogens is 2. The summed E-state index contributed by atoms with van der Waals surface area (Å²) in [6, 6.07) is 12.0. The van der Waals surface area contributed by atoms with Crippen molar-refractivity contribution >= 4 is 79.8 Å². The zero-order valence-corrected chi connectivity index (χ0v) is 18.4. The Labute approximate surface area is 188 Å². The summed E-state index contributed by atoms with van der Waals surface area (Å²) < 4.78 is 1.13. The Bertz CT molecular complexity index is 1170. The minimum absolute atomic E-state index is 0.181. The van der Waals surface area contributed by atoms with Crippen molar-refractivity contribution in [1.29, 1.82) is 0 Å². The standard InChI is InChI=1S/C19H11Cl2N3O2S3/c20-15-8-12(16(21)29-15)13-9-28-19(23-13)24-17(25)10-3-5-11(6-4-10)22-18(26)14-2-1-7-27-14/h1-9H,(H,22,26)(H,23,24,25). The van der Waals surface area contributed by atoms with Gasteiger partial charge in [0.1, 0.15) is 4.34 Å². The fraction of sp³-hybridized carbons (Fsp3) is 0. The number of nitrogens with zero attached hydrogens (tertiary/aromatic N) is 1. The molecule has 0 aliphatic rings. The molecule has 0 fully saturated rings. The first-order valence-corrected chi connectivity index (χ1v) is 11.5. The molecule has 2 amide bonds. The third-order valence-electron chi connectivity index (χ3n) is 3.81. The summed E-state index contributed by atoms with van der Waals surface area (Å²) in [5.41, 5.74) is 2.46. The fourth-order valence-corrected chi connectivity index (χ4v) is 5.25. The summed E-state index contributed by atoms with van der Waals surface area (Å²) in [6.07, 6.45) is 0. The van der Waals surface area contributed by atoms with Gasteiger partial charge in [-0.05, 0) is 41.8 Å². The summed E-state index contributed by atoms with van der Waals surface area (Å²) in [5.74, 6) is -0.476. The van der Waals surface area contributed by atoms with Gasteiger partial charge in [0.05, 0.1) is 14.9 Å². The first-order valence-electron chi connectivity index (χ1n) is 8.16. The van der Waals surface area contributed by atoms with Crippen molar-refractivity contribution in [3.05, 3.63) is 72.3 Å². The van der Waals surface area contributed by atoms with Crippen LogP contribution in [0.3, 0.4) is 0 Å². The fourth-order valence-electron chi connectivity index (χ4n) is 2.44. The van der Waals surface area contributed by atoms with E-state index in [-0.39, 0.29) is 11.8 Å². The Hall–Kier alpha value is -2.23. The summed E-state index contributed by atoms with van der Waals surface area (Å²) in [6.45, 7) is 0. The maximum atomic E-state index is 12.5. The summed E-state index contributed by atoms with van der Waals surface area (Å²) >= 11 is 16.1. The molecule has 5 nitrogen and oxygen atoms in total.